The average Bonchev–Trinajstić information content (AvgIpc) is 3.04. The summed E-state index contributed by atoms with van der Waals surface area (Å²) in [6, 6.07) is 9.60. The fourth-order valence-corrected chi connectivity index (χ4v) is 3.13. The molecule has 28 heavy (non-hydrogen) atoms. The summed E-state index contributed by atoms with van der Waals surface area (Å²) in [5.41, 5.74) is 1.09. The van der Waals surface area contributed by atoms with E-state index in [9.17, 15) is 19.3 Å². The maximum atomic E-state index is 13.2. The van der Waals surface area contributed by atoms with Crippen molar-refractivity contribution in [1.29, 1.82) is 0 Å². The number of nitro benzene ring substituents is 1. The number of non-ortho nitro benzene ring substituents is 1. The van der Waals surface area contributed by atoms with Crippen LogP contribution in [0.25, 0.3) is 5.69 Å². The molecule has 1 heterocycles. The Labute approximate surface area is 169 Å². The highest BCUT2D eigenvalue weighted by Gasteiger charge is 2.20. The molecule has 0 atom stereocenters. The molecular weight excluding hydrogens is 407 g/mol. The van der Waals surface area contributed by atoms with Gasteiger partial charge in [0.25, 0.3) is 11.6 Å². The van der Waals surface area contributed by atoms with E-state index >= 15 is 0 Å². The van der Waals surface area contributed by atoms with E-state index in [0.29, 0.717) is 16.3 Å². The Morgan fingerprint density at radius 2 is 2.00 bits per heavy atom. The van der Waals surface area contributed by atoms with Gasteiger partial charge in [-0.3, -0.25) is 19.5 Å². The number of hydrogen-bond donors (Lipinski definition) is 1. The van der Waals surface area contributed by atoms with Crippen LogP contribution in [-0.2, 0) is 6.54 Å². The van der Waals surface area contributed by atoms with Crippen LogP contribution < -0.4 is 0 Å². The third kappa shape index (κ3) is 3.95. The highest BCUT2D eigenvalue weighted by molar-refractivity contribution is 7.71. The summed E-state index contributed by atoms with van der Waals surface area (Å²) < 4.78 is 15.0. The molecule has 0 saturated heterocycles. The van der Waals surface area contributed by atoms with E-state index in [-0.39, 0.29) is 28.6 Å². The summed E-state index contributed by atoms with van der Waals surface area (Å²) in [7, 11) is 1.54. The molecule has 0 saturated carbocycles. The molecule has 3 aromatic rings. The predicted molar refractivity (Wildman–Crippen MR) is 105 cm³/mol. The first-order valence-electron chi connectivity index (χ1n) is 8.02. The van der Waals surface area contributed by atoms with Gasteiger partial charge in [-0.15, -0.1) is 0 Å². The highest BCUT2D eigenvalue weighted by atomic mass is 35.5. The maximum absolute atomic E-state index is 13.2. The van der Waals surface area contributed by atoms with Crippen molar-refractivity contribution in [2.24, 2.45) is 0 Å². The van der Waals surface area contributed by atoms with E-state index in [4.69, 9.17) is 23.8 Å². The van der Waals surface area contributed by atoms with Crippen LogP contribution in [-0.4, -0.2) is 32.3 Å². The molecule has 1 N–H and O–H groups in total. The largest absolute Gasteiger partial charge is 0.336 e. The third-order valence-corrected chi connectivity index (χ3v) is 4.74. The molecule has 0 aliphatic rings. The molecule has 10 heteroatoms. The van der Waals surface area contributed by atoms with Crippen molar-refractivity contribution in [3.63, 3.8) is 0 Å². The monoisotopic (exact) mass is 420 g/mol. The number of nitrogens with zero attached hydrogens (tertiary/aromatic N) is 3. The van der Waals surface area contributed by atoms with E-state index in [0.717, 1.165) is 0 Å². The smallest absolute Gasteiger partial charge is 0.272 e. The van der Waals surface area contributed by atoms with Gasteiger partial charge in [-0.05, 0) is 48.1 Å². The quantitative estimate of drug-likeness (QED) is 0.374. The molecule has 0 aliphatic heterocycles. The summed E-state index contributed by atoms with van der Waals surface area (Å²) in [6.07, 6.45) is 1.46. The summed E-state index contributed by atoms with van der Waals surface area (Å²) >= 11 is 11.4. The topological polar surface area (TPSA) is 84.2 Å². The van der Waals surface area contributed by atoms with Gasteiger partial charge in [0.05, 0.1) is 4.92 Å². The lowest BCUT2D eigenvalue weighted by Crippen LogP contribution is -2.28. The number of benzene rings is 2. The van der Waals surface area contributed by atoms with Crippen molar-refractivity contribution in [2.45, 2.75) is 6.54 Å². The molecule has 0 spiro atoms. The summed E-state index contributed by atoms with van der Waals surface area (Å²) in [5, 5.41) is 11.3. The number of hydrogen-bond acceptors (Lipinski definition) is 4. The zero-order valence-corrected chi connectivity index (χ0v) is 16.1. The molecule has 0 bridgehead atoms. The second-order valence-electron chi connectivity index (χ2n) is 5.98. The zero-order valence-electron chi connectivity index (χ0n) is 14.6. The number of nitro groups is 1. The number of rotatable bonds is 5. The number of aromatic amines is 1. The molecule has 1 aromatic heterocycles. The van der Waals surface area contributed by atoms with E-state index < -0.39 is 10.7 Å². The van der Waals surface area contributed by atoms with Gasteiger partial charge in [0.1, 0.15) is 11.5 Å². The van der Waals surface area contributed by atoms with Gasteiger partial charge in [-0.1, -0.05) is 11.6 Å². The summed E-state index contributed by atoms with van der Waals surface area (Å²) in [6.45, 7) is 0.0563. The SMILES string of the molecule is CN(Cc1cc([N+](=O)[O-])ccc1Cl)C(=O)c1c[nH]c(=S)n1-c1ccc(F)cc1. The number of carbonyl (C=O) groups is 1. The van der Waals surface area contributed by atoms with Crippen molar-refractivity contribution >= 4 is 35.4 Å². The molecule has 3 rings (SSSR count). The first-order chi connectivity index (χ1) is 13.3. The van der Waals surface area contributed by atoms with E-state index in [1.807, 2.05) is 0 Å². The number of amides is 1. The van der Waals surface area contributed by atoms with Crippen molar-refractivity contribution in [3.8, 4) is 5.69 Å². The van der Waals surface area contributed by atoms with E-state index in [1.165, 1.54) is 58.1 Å². The number of imidazole rings is 1. The highest BCUT2D eigenvalue weighted by Crippen LogP contribution is 2.24. The van der Waals surface area contributed by atoms with Crippen molar-refractivity contribution in [1.82, 2.24) is 14.5 Å². The lowest BCUT2D eigenvalue weighted by atomic mass is 10.2. The van der Waals surface area contributed by atoms with Crippen LogP contribution in [0.3, 0.4) is 0 Å². The Morgan fingerprint density at radius 1 is 1.32 bits per heavy atom. The van der Waals surface area contributed by atoms with E-state index in [1.54, 1.807) is 7.05 Å². The van der Waals surface area contributed by atoms with Crippen LogP contribution in [0, 0.1) is 20.7 Å². The first kappa shape index (κ1) is 19.7. The standard InChI is InChI=1S/C18H14ClFN4O3S/c1-22(10-11-8-14(24(26)27)6-7-15(11)19)17(25)16-9-21-18(28)23(16)13-4-2-12(20)3-5-13/h2-9H,10H2,1H3,(H,21,28). The minimum Gasteiger partial charge on any atom is -0.336 e. The molecular formula is C18H14ClFN4O3S. The van der Waals surface area contributed by atoms with Gasteiger partial charge in [0.15, 0.2) is 4.77 Å². The van der Waals surface area contributed by atoms with Crippen molar-refractivity contribution in [3.05, 3.63) is 85.6 Å². The molecule has 1 amide bonds. The molecule has 7 nitrogen and oxygen atoms in total. The Bertz CT molecular complexity index is 1110. The molecule has 0 unspecified atom stereocenters. The summed E-state index contributed by atoms with van der Waals surface area (Å²) in [5.74, 6) is -0.796. The van der Waals surface area contributed by atoms with Crippen LogP contribution in [0.4, 0.5) is 10.1 Å². The fraction of sp³-hybridized carbons (Fsp3) is 0.111. The van der Waals surface area contributed by atoms with E-state index in [2.05, 4.69) is 4.98 Å². The van der Waals surface area contributed by atoms with Crippen LogP contribution >= 0.6 is 23.8 Å². The fourth-order valence-electron chi connectivity index (χ4n) is 2.69. The normalized spacial score (nSPS) is 10.7. The van der Waals surface area contributed by atoms with Crippen LogP contribution in [0.15, 0.2) is 48.7 Å². The number of nitrogens with one attached hydrogen (secondary N) is 1. The zero-order chi connectivity index (χ0) is 20.4. The van der Waals surface area contributed by atoms with Crippen molar-refractivity contribution in [2.75, 3.05) is 7.05 Å². The maximum Gasteiger partial charge on any atom is 0.272 e. The van der Waals surface area contributed by atoms with Crippen LogP contribution in [0.1, 0.15) is 16.1 Å². The Kier molecular flexibility index (Phi) is 5.57. The van der Waals surface area contributed by atoms with Gasteiger partial charge in [0, 0.05) is 42.6 Å². The Hall–Kier alpha value is -3.04. The van der Waals surface area contributed by atoms with Gasteiger partial charge in [-0.25, -0.2) is 4.39 Å². The van der Waals surface area contributed by atoms with Crippen molar-refractivity contribution < 1.29 is 14.1 Å². The second-order valence-corrected chi connectivity index (χ2v) is 6.78. The number of carbonyl (C=O) groups excluding carboxylic acids is 1. The number of halogens is 2. The number of aromatic nitrogens is 2. The minimum atomic E-state index is -0.528. The Morgan fingerprint density at radius 3 is 2.64 bits per heavy atom. The summed E-state index contributed by atoms with van der Waals surface area (Å²) in [4.78, 5) is 27.6. The van der Waals surface area contributed by atoms with Gasteiger partial charge < -0.3 is 9.88 Å². The Balaban J connectivity index is 1.91. The van der Waals surface area contributed by atoms with Gasteiger partial charge in [0.2, 0.25) is 0 Å². The lowest BCUT2D eigenvalue weighted by Gasteiger charge is -2.19. The molecule has 0 aliphatic carbocycles. The van der Waals surface area contributed by atoms with Crippen LogP contribution in [0.5, 0.6) is 0 Å². The van der Waals surface area contributed by atoms with Gasteiger partial charge >= 0.3 is 0 Å². The lowest BCUT2D eigenvalue weighted by molar-refractivity contribution is -0.384. The third-order valence-electron chi connectivity index (χ3n) is 4.07. The second kappa shape index (κ2) is 7.91. The van der Waals surface area contributed by atoms with Crippen LogP contribution in [0.2, 0.25) is 5.02 Å². The molecule has 0 radical (unpaired) electrons. The number of H-pyrrole nitrogens is 1. The van der Waals surface area contributed by atoms with Gasteiger partial charge in [-0.2, -0.15) is 0 Å². The predicted octanol–water partition coefficient (Wildman–Crippen LogP) is 4.51. The minimum absolute atomic E-state index is 0.0563. The average molecular weight is 421 g/mol. The molecule has 0 fully saturated rings. The molecule has 2 aromatic carbocycles. The first-order valence-corrected chi connectivity index (χ1v) is 8.81. The molecule has 144 valence electrons.